The molecule has 2 rings (SSSR count). The van der Waals surface area contributed by atoms with Crippen molar-refractivity contribution in [1.82, 2.24) is 4.90 Å². The Kier molecular flexibility index (Phi) is 4.05. The Hall–Kier alpha value is -1.51. The number of ketones is 1. The number of likely N-dealkylation sites (tertiary alicyclic amines) is 1. The summed E-state index contributed by atoms with van der Waals surface area (Å²) < 4.78 is 10.9. The van der Waals surface area contributed by atoms with Crippen molar-refractivity contribution >= 4 is 13.9 Å². The van der Waals surface area contributed by atoms with E-state index in [2.05, 4.69) is 36.0 Å². The molecule has 0 aromatic heterocycles. The van der Waals surface area contributed by atoms with E-state index in [0.29, 0.717) is 5.76 Å². The molecule has 1 saturated heterocycles. The lowest BCUT2D eigenvalue weighted by Gasteiger charge is -2.36. The van der Waals surface area contributed by atoms with Gasteiger partial charge in [-0.3, -0.25) is 9.69 Å². The molecular formula is C16H23NO3Si. The van der Waals surface area contributed by atoms with Crippen LogP contribution < -0.4 is 0 Å². The van der Waals surface area contributed by atoms with E-state index in [0.717, 1.165) is 18.5 Å². The van der Waals surface area contributed by atoms with E-state index < -0.39 is 13.6 Å². The van der Waals surface area contributed by atoms with Gasteiger partial charge in [-0.2, -0.15) is 0 Å². The average molecular weight is 305 g/mol. The topological polar surface area (TPSA) is 38.8 Å². The minimum atomic E-state index is -1.55. The van der Waals surface area contributed by atoms with Crippen molar-refractivity contribution in [3.05, 3.63) is 23.2 Å². The maximum absolute atomic E-state index is 12.2. The highest BCUT2D eigenvalue weighted by molar-refractivity contribution is 6.83. The molecule has 1 aliphatic heterocycles. The number of rotatable bonds is 2. The van der Waals surface area contributed by atoms with E-state index in [4.69, 9.17) is 9.47 Å². The van der Waals surface area contributed by atoms with Crippen LogP contribution >= 0.6 is 0 Å². The molecule has 0 saturated carbocycles. The average Bonchev–Trinajstić information content (AvgIpc) is 2.71. The lowest BCUT2D eigenvalue weighted by atomic mass is 9.83. The number of carbonyl (C=O) groups excluding carboxylic acids is 1. The van der Waals surface area contributed by atoms with Crippen LogP contribution in [0.25, 0.3) is 0 Å². The van der Waals surface area contributed by atoms with Gasteiger partial charge in [0.1, 0.15) is 8.07 Å². The zero-order valence-corrected chi connectivity index (χ0v) is 14.7. The molecule has 0 bridgehead atoms. The smallest absolute Gasteiger partial charge is 0.224 e. The summed E-state index contributed by atoms with van der Waals surface area (Å²) >= 11 is 0. The minimum absolute atomic E-state index is 0.134. The Labute approximate surface area is 127 Å². The molecular weight excluding hydrogens is 282 g/mol. The van der Waals surface area contributed by atoms with Crippen molar-refractivity contribution in [2.45, 2.75) is 31.6 Å². The van der Waals surface area contributed by atoms with Crippen LogP contribution in [-0.4, -0.2) is 52.1 Å². The second-order valence-electron chi connectivity index (χ2n) is 6.48. The zero-order valence-electron chi connectivity index (χ0n) is 13.7. The first-order valence-electron chi connectivity index (χ1n) is 7.10. The van der Waals surface area contributed by atoms with Crippen LogP contribution in [0.3, 0.4) is 0 Å². The van der Waals surface area contributed by atoms with Gasteiger partial charge in [0.2, 0.25) is 11.5 Å². The van der Waals surface area contributed by atoms with E-state index in [1.165, 1.54) is 7.11 Å². The van der Waals surface area contributed by atoms with Crippen LogP contribution in [0.1, 0.15) is 6.42 Å². The Morgan fingerprint density at radius 2 is 1.95 bits per heavy atom. The summed E-state index contributed by atoms with van der Waals surface area (Å²) in [4.78, 5) is 14.3. The number of carbonyl (C=O) groups is 1. The molecule has 114 valence electrons. The number of likely N-dealkylation sites (N-methyl/N-ethyl adjacent to an activating group) is 1. The van der Waals surface area contributed by atoms with Gasteiger partial charge in [-0.15, -0.1) is 5.54 Å². The normalized spacial score (nSPS) is 26.0. The Morgan fingerprint density at radius 3 is 2.48 bits per heavy atom. The predicted octanol–water partition coefficient (Wildman–Crippen LogP) is 1.95. The van der Waals surface area contributed by atoms with Crippen molar-refractivity contribution in [3.8, 4) is 11.5 Å². The van der Waals surface area contributed by atoms with Crippen LogP contribution in [-0.2, 0) is 14.3 Å². The lowest BCUT2D eigenvalue weighted by Crippen LogP contribution is -2.47. The molecule has 1 heterocycles. The van der Waals surface area contributed by atoms with Gasteiger partial charge in [0.05, 0.1) is 14.2 Å². The molecule has 0 radical (unpaired) electrons. The standard InChI is InChI=1S/C16H23NO3Si/c1-17-9-7-12-11-13(18)14(19-2)15(20-3)16(12,17)8-10-21(4,5)6/h11H,7,9H2,1-6H3/t16-/m0/s1. The predicted molar refractivity (Wildman–Crippen MR) is 85.2 cm³/mol. The third kappa shape index (κ3) is 2.54. The summed E-state index contributed by atoms with van der Waals surface area (Å²) in [5, 5.41) is 0. The van der Waals surface area contributed by atoms with Gasteiger partial charge >= 0.3 is 0 Å². The van der Waals surface area contributed by atoms with E-state index in [1.54, 1.807) is 13.2 Å². The number of fused-ring (bicyclic) bond motifs is 1. The number of ether oxygens (including phenoxy) is 2. The maximum atomic E-state index is 12.2. The monoisotopic (exact) mass is 305 g/mol. The molecule has 0 aromatic carbocycles. The van der Waals surface area contributed by atoms with Crippen LogP contribution in [0.2, 0.25) is 19.6 Å². The first-order valence-corrected chi connectivity index (χ1v) is 10.6. The van der Waals surface area contributed by atoms with E-state index in [9.17, 15) is 4.79 Å². The molecule has 21 heavy (non-hydrogen) atoms. The molecule has 1 aliphatic carbocycles. The number of hydrogen-bond donors (Lipinski definition) is 0. The first kappa shape index (κ1) is 15.9. The van der Waals surface area contributed by atoms with Crippen LogP contribution in [0.15, 0.2) is 23.2 Å². The van der Waals surface area contributed by atoms with E-state index >= 15 is 0 Å². The summed E-state index contributed by atoms with van der Waals surface area (Å²) in [7, 11) is 3.55. The molecule has 1 atom stereocenters. The van der Waals surface area contributed by atoms with Gasteiger partial charge in [0.15, 0.2) is 11.3 Å². The van der Waals surface area contributed by atoms with E-state index in [1.807, 2.05) is 7.05 Å². The molecule has 5 heteroatoms. The number of hydrogen-bond acceptors (Lipinski definition) is 4. The largest absolute Gasteiger partial charge is 0.494 e. The third-order valence-electron chi connectivity index (χ3n) is 3.84. The molecule has 4 nitrogen and oxygen atoms in total. The van der Waals surface area contributed by atoms with Crippen LogP contribution in [0, 0.1) is 11.5 Å². The summed E-state index contributed by atoms with van der Waals surface area (Å²) in [5.41, 5.74) is 3.80. The lowest BCUT2D eigenvalue weighted by molar-refractivity contribution is -0.115. The quantitative estimate of drug-likeness (QED) is 0.577. The third-order valence-corrected chi connectivity index (χ3v) is 4.72. The number of methoxy groups -OCH3 is 2. The minimum Gasteiger partial charge on any atom is -0.494 e. The molecule has 0 amide bonds. The SMILES string of the molecule is COC1=C(OC)[C@]2(C#C[Si](C)(C)C)C(=CC1=O)CCN2C. The van der Waals surface area contributed by atoms with Gasteiger partial charge in [-0.25, -0.2) is 0 Å². The fourth-order valence-electron chi connectivity index (χ4n) is 2.82. The van der Waals surface area contributed by atoms with Gasteiger partial charge < -0.3 is 9.47 Å². The van der Waals surface area contributed by atoms with Crippen molar-refractivity contribution in [1.29, 1.82) is 0 Å². The van der Waals surface area contributed by atoms with Crippen molar-refractivity contribution in [3.63, 3.8) is 0 Å². The van der Waals surface area contributed by atoms with Crippen molar-refractivity contribution in [2.75, 3.05) is 27.8 Å². The highest BCUT2D eigenvalue weighted by atomic mass is 28.3. The Morgan fingerprint density at radius 1 is 1.29 bits per heavy atom. The zero-order chi connectivity index (χ0) is 15.8. The second-order valence-corrected chi connectivity index (χ2v) is 11.2. The summed E-state index contributed by atoms with van der Waals surface area (Å²) in [5.74, 6) is 4.08. The fraction of sp³-hybridized carbons (Fsp3) is 0.562. The highest BCUT2D eigenvalue weighted by Gasteiger charge is 2.51. The summed E-state index contributed by atoms with van der Waals surface area (Å²) in [6, 6.07) is 0. The molecule has 0 spiro atoms. The Bertz CT molecular complexity index is 589. The van der Waals surface area contributed by atoms with Gasteiger partial charge in [-0.1, -0.05) is 25.6 Å². The van der Waals surface area contributed by atoms with E-state index in [-0.39, 0.29) is 11.5 Å². The van der Waals surface area contributed by atoms with Gasteiger partial charge in [-0.05, 0) is 25.1 Å². The fourth-order valence-corrected chi connectivity index (χ4v) is 3.38. The molecule has 0 unspecified atom stereocenters. The first-order chi connectivity index (χ1) is 9.76. The maximum Gasteiger partial charge on any atom is 0.224 e. The van der Waals surface area contributed by atoms with Crippen molar-refractivity contribution in [2.24, 2.45) is 0 Å². The van der Waals surface area contributed by atoms with Crippen LogP contribution in [0.4, 0.5) is 0 Å². The Balaban J connectivity index is 2.69. The molecule has 2 aliphatic rings. The number of nitrogens with zero attached hydrogens (tertiary/aromatic N) is 1. The molecule has 0 N–H and O–H groups in total. The second kappa shape index (κ2) is 5.36. The van der Waals surface area contributed by atoms with Crippen LogP contribution in [0.5, 0.6) is 0 Å². The van der Waals surface area contributed by atoms with Crippen molar-refractivity contribution < 1.29 is 14.3 Å². The summed E-state index contributed by atoms with van der Waals surface area (Å²) in [6.45, 7) is 7.46. The summed E-state index contributed by atoms with van der Waals surface area (Å²) in [6.07, 6.45) is 2.50. The number of allylic oxidation sites excluding steroid dienone is 1. The molecule has 1 fully saturated rings. The van der Waals surface area contributed by atoms with Gasteiger partial charge in [0.25, 0.3) is 0 Å². The molecule has 0 aromatic rings. The van der Waals surface area contributed by atoms with Gasteiger partial charge in [0, 0.05) is 6.54 Å². The highest BCUT2D eigenvalue weighted by Crippen LogP contribution is 2.43.